The number of hydrogen-bond donors (Lipinski definition) is 0. The first-order valence-electron chi connectivity index (χ1n) is 5.90. The molecule has 1 aromatic heterocycles. The van der Waals surface area contributed by atoms with Crippen molar-refractivity contribution in [1.29, 1.82) is 0 Å². The van der Waals surface area contributed by atoms with E-state index in [0.717, 1.165) is 23.2 Å². The topological polar surface area (TPSA) is 34.9 Å². The molecule has 86 valence electrons. The van der Waals surface area contributed by atoms with Gasteiger partial charge >= 0.3 is 0 Å². The van der Waals surface area contributed by atoms with Gasteiger partial charge in [-0.05, 0) is 37.5 Å². The molecular formula is C14H14N2O. The predicted molar refractivity (Wildman–Crippen MR) is 65.7 cm³/mol. The van der Waals surface area contributed by atoms with Gasteiger partial charge in [0.15, 0.2) is 6.29 Å². The summed E-state index contributed by atoms with van der Waals surface area (Å²) >= 11 is 0. The minimum Gasteiger partial charge on any atom is -0.298 e. The molecule has 1 aliphatic rings. The highest BCUT2D eigenvalue weighted by molar-refractivity contribution is 5.77. The fraction of sp³-hybridized carbons (Fsp3) is 0.286. The summed E-state index contributed by atoms with van der Waals surface area (Å²) in [5.74, 6) is 0.512. The highest BCUT2D eigenvalue weighted by Gasteiger charge is 2.30. The molecule has 0 radical (unpaired) electrons. The molecule has 1 fully saturated rings. The summed E-state index contributed by atoms with van der Waals surface area (Å²) in [6, 6.07) is 8.20. The Kier molecular flexibility index (Phi) is 2.32. The van der Waals surface area contributed by atoms with Crippen molar-refractivity contribution >= 4 is 6.29 Å². The summed E-state index contributed by atoms with van der Waals surface area (Å²) in [4.78, 5) is 11.0. The third kappa shape index (κ3) is 1.78. The van der Waals surface area contributed by atoms with Gasteiger partial charge in [0.2, 0.25) is 0 Å². The van der Waals surface area contributed by atoms with E-state index < -0.39 is 0 Å². The standard InChI is InChI=1S/C14H14N2O/c1-10-3-2-4-13(7-10)16-14(11-5-6-11)12(9-17)8-15-16/h2-4,7-9,11H,5-6H2,1H3. The van der Waals surface area contributed by atoms with Crippen molar-refractivity contribution < 1.29 is 4.79 Å². The fourth-order valence-corrected chi connectivity index (χ4v) is 2.19. The number of aromatic nitrogens is 2. The molecular weight excluding hydrogens is 212 g/mol. The van der Waals surface area contributed by atoms with Crippen LogP contribution < -0.4 is 0 Å². The smallest absolute Gasteiger partial charge is 0.153 e. The third-order valence-electron chi connectivity index (χ3n) is 3.17. The van der Waals surface area contributed by atoms with Crippen LogP contribution in [0.15, 0.2) is 30.5 Å². The second kappa shape index (κ2) is 3.84. The molecule has 0 unspecified atom stereocenters. The number of rotatable bonds is 3. The summed E-state index contributed by atoms with van der Waals surface area (Å²) in [5, 5.41) is 4.34. The molecule has 1 aliphatic carbocycles. The van der Waals surface area contributed by atoms with E-state index >= 15 is 0 Å². The van der Waals surface area contributed by atoms with Crippen LogP contribution >= 0.6 is 0 Å². The molecule has 0 amide bonds. The van der Waals surface area contributed by atoms with E-state index in [4.69, 9.17) is 0 Å². The molecule has 17 heavy (non-hydrogen) atoms. The van der Waals surface area contributed by atoms with Crippen LogP contribution in [0.4, 0.5) is 0 Å². The van der Waals surface area contributed by atoms with Crippen molar-refractivity contribution in [2.75, 3.05) is 0 Å². The van der Waals surface area contributed by atoms with Gasteiger partial charge in [-0.2, -0.15) is 5.10 Å². The largest absolute Gasteiger partial charge is 0.298 e. The molecule has 0 bridgehead atoms. The van der Waals surface area contributed by atoms with Gasteiger partial charge in [0.05, 0.1) is 23.1 Å². The van der Waals surface area contributed by atoms with Crippen molar-refractivity contribution in [3.63, 3.8) is 0 Å². The molecule has 2 aromatic rings. The quantitative estimate of drug-likeness (QED) is 0.754. The monoisotopic (exact) mass is 226 g/mol. The van der Waals surface area contributed by atoms with Crippen molar-refractivity contribution in [3.8, 4) is 5.69 Å². The van der Waals surface area contributed by atoms with Crippen LogP contribution in [0.2, 0.25) is 0 Å². The number of aldehydes is 1. The maximum absolute atomic E-state index is 11.0. The summed E-state index contributed by atoms with van der Waals surface area (Å²) in [7, 11) is 0. The fourth-order valence-electron chi connectivity index (χ4n) is 2.19. The van der Waals surface area contributed by atoms with Crippen LogP contribution in [-0.2, 0) is 0 Å². The van der Waals surface area contributed by atoms with E-state index in [1.807, 2.05) is 16.8 Å². The van der Waals surface area contributed by atoms with Crippen molar-refractivity contribution in [3.05, 3.63) is 47.3 Å². The lowest BCUT2D eigenvalue weighted by atomic mass is 10.1. The highest BCUT2D eigenvalue weighted by atomic mass is 16.1. The van der Waals surface area contributed by atoms with E-state index in [0.29, 0.717) is 5.92 Å². The second-order valence-electron chi connectivity index (χ2n) is 4.63. The molecule has 3 nitrogen and oxygen atoms in total. The van der Waals surface area contributed by atoms with Crippen LogP contribution in [0.3, 0.4) is 0 Å². The van der Waals surface area contributed by atoms with Gasteiger partial charge in [-0.15, -0.1) is 0 Å². The number of nitrogens with zero attached hydrogens (tertiary/aromatic N) is 2. The van der Waals surface area contributed by atoms with Crippen molar-refractivity contribution in [2.45, 2.75) is 25.7 Å². The predicted octanol–water partition coefficient (Wildman–Crippen LogP) is 2.87. The lowest BCUT2D eigenvalue weighted by Gasteiger charge is -2.07. The number of hydrogen-bond acceptors (Lipinski definition) is 2. The van der Waals surface area contributed by atoms with Gasteiger partial charge in [-0.1, -0.05) is 12.1 Å². The van der Waals surface area contributed by atoms with Gasteiger partial charge < -0.3 is 0 Å². The number of carbonyl (C=O) groups is 1. The zero-order valence-electron chi connectivity index (χ0n) is 9.76. The SMILES string of the molecule is Cc1cccc(-n2ncc(C=O)c2C2CC2)c1. The Hall–Kier alpha value is -1.90. The summed E-state index contributed by atoms with van der Waals surface area (Å²) in [5.41, 5.74) is 4.05. The van der Waals surface area contributed by atoms with Crippen LogP contribution in [0.1, 0.15) is 40.4 Å². The van der Waals surface area contributed by atoms with E-state index in [-0.39, 0.29) is 0 Å². The van der Waals surface area contributed by atoms with E-state index in [2.05, 4.69) is 24.2 Å². The van der Waals surface area contributed by atoms with E-state index in [9.17, 15) is 4.79 Å². The average molecular weight is 226 g/mol. The second-order valence-corrected chi connectivity index (χ2v) is 4.63. The molecule has 0 saturated heterocycles. The van der Waals surface area contributed by atoms with Crippen molar-refractivity contribution in [1.82, 2.24) is 9.78 Å². The Labute approximate surface area is 100 Å². The molecule has 0 atom stereocenters. The Bertz CT molecular complexity index is 567. The van der Waals surface area contributed by atoms with Gasteiger partial charge in [-0.25, -0.2) is 4.68 Å². The minimum atomic E-state index is 0.512. The molecule has 1 aromatic carbocycles. The van der Waals surface area contributed by atoms with Gasteiger partial charge in [0.25, 0.3) is 0 Å². The number of carbonyl (C=O) groups excluding carboxylic acids is 1. The molecule has 1 heterocycles. The molecule has 0 aliphatic heterocycles. The van der Waals surface area contributed by atoms with Crippen LogP contribution in [0, 0.1) is 6.92 Å². The Balaban J connectivity index is 2.14. The highest BCUT2D eigenvalue weighted by Crippen LogP contribution is 2.42. The maximum atomic E-state index is 11.0. The molecule has 0 N–H and O–H groups in total. The zero-order valence-corrected chi connectivity index (χ0v) is 9.76. The molecule has 0 spiro atoms. The van der Waals surface area contributed by atoms with E-state index in [1.54, 1.807) is 6.20 Å². The first-order chi connectivity index (χ1) is 8.29. The van der Waals surface area contributed by atoms with Gasteiger partial charge in [0.1, 0.15) is 0 Å². The molecule has 3 heteroatoms. The van der Waals surface area contributed by atoms with Gasteiger partial charge in [-0.3, -0.25) is 4.79 Å². The normalized spacial score (nSPS) is 14.9. The van der Waals surface area contributed by atoms with E-state index in [1.165, 1.54) is 18.4 Å². The first-order valence-corrected chi connectivity index (χ1v) is 5.90. The van der Waals surface area contributed by atoms with Crippen molar-refractivity contribution in [2.24, 2.45) is 0 Å². The summed E-state index contributed by atoms with van der Waals surface area (Å²) < 4.78 is 1.91. The first kappa shape index (κ1) is 10.3. The van der Waals surface area contributed by atoms with Crippen LogP contribution in [0.5, 0.6) is 0 Å². The average Bonchev–Trinajstić information content (AvgIpc) is 3.08. The van der Waals surface area contributed by atoms with Crippen LogP contribution in [0.25, 0.3) is 5.69 Å². The molecule has 3 rings (SSSR count). The Morgan fingerprint density at radius 2 is 2.24 bits per heavy atom. The molecule has 1 saturated carbocycles. The minimum absolute atomic E-state index is 0.512. The number of benzene rings is 1. The maximum Gasteiger partial charge on any atom is 0.153 e. The summed E-state index contributed by atoms with van der Waals surface area (Å²) in [6.07, 6.45) is 4.91. The number of aryl methyl sites for hydroxylation is 1. The third-order valence-corrected chi connectivity index (χ3v) is 3.17. The Morgan fingerprint density at radius 3 is 2.88 bits per heavy atom. The Morgan fingerprint density at radius 1 is 1.41 bits per heavy atom. The zero-order chi connectivity index (χ0) is 11.8. The van der Waals surface area contributed by atoms with Crippen LogP contribution in [-0.4, -0.2) is 16.1 Å². The lowest BCUT2D eigenvalue weighted by Crippen LogP contribution is -2.02. The van der Waals surface area contributed by atoms with Gasteiger partial charge in [0, 0.05) is 5.92 Å². The summed E-state index contributed by atoms with van der Waals surface area (Å²) in [6.45, 7) is 2.06. The lowest BCUT2D eigenvalue weighted by molar-refractivity contribution is 0.112.